The van der Waals surface area contributed by atoms with Crippen molar-refractivity contribution < 1.29 is 37.4 Å². The highest BCUT2D eigenvalue weighted by atomic mass is 19.4. The van der Waals surface area contributed by atoms with Crippen LogP contribution in [0.4, 0.5) is 24.7 Å². The van der Waals surface area contributed by atoms with Gasteiger partial charge in [0, 0.05) is 11.8 Å². The zero-order valence-electron chi connectivity index (χ0n) is 15.1. The fourth-order valence-corrected chi connectivity index (χ4v) is 2.66. The largest absolute Gasteiger partial charge is 0.495 e. The van der Waals surface area contributed by atoms with E-state index in [-0.39, 0.29) is 39.7 Å². The number of aromatic carboxylic acids is 1. The average molecular weight is 422 g/mol. The number of rotatable bonds is 5. The zero-order valence-corrected chi connectivity index (χ0v) is 15.1. The molecule has 0 unspecified atom stereocenters. The third kappa shape index (κ3) is 3.74. The van der Waals surface area contributed by atoms with E-state index in [2.05, 4.69) is 4.98 Å². The van der Waals surface area contributed by atoms with Crippen LogP contribution in [-0.4, -0.2) is 45.4 Å². The van der Waals surface area contributed by atoms with Crippen molar-refractivity contribution in [3.8, 4) is 5.75 Å². The van der Waals surface area contributed by atoms with Crippen molar-refractivity contribution in [2.45, 2.75) is 6.18 Å². The quantitative estimate of drug-likeness (QED) is 0.537. The summed E-state index contributed by atoms with van der Waals surface area (Å²) >= 11 is 0. The van der Waals surface area contributed by atoms with Gasteiger partial charge in [-0.15, -0.1) is 0 Å². The Labute approximate surface area is 165 Å². The van der Waals surface area contributed by atoms with Gasteiger partial charge in [0.15, 0.2) is 5.82 Å². The number of carboxylic acid groups (broad SMARTS) is 1. The normalized spacial score (nSPS) is 11.3. The van der Waals surface area contributed by atoms with E-state index < -0.39 is 23.8 Å². The molecule has 4 N–H and O–H groups in total. The molecule has 0 bridgehead atoms. The number of imidazole rings is 1. The number of methoxy groups -OCH3 is 1. The van der Waals surface area contributed by atoms with Gasteiger partial charge in [-0.1, -0.05) is 0 Å². The smallest absolute Gasteiger partial charge is 0.471 e. The number of hydrogen-bond donors (Lipinski definition) is 3. The minimum Gasteiger partial charge on any atom is -0.495 e. The molecule has 0 saturated carbocycles. The molecule has 0 atom stereocenters. The minimum absolute atomic E-state index is 0.00827. The van der Waals surface area contributed by atoms with Crippen molar-refractivity contribution in [3.05, 3.63) is 53.5 Å². The first-order valence-corrected chi connectivity index (χ1v) is 8.14. The van der Waals surface area contributed by atoms with Crippen molar-refractivity contribution in [2.75, 3.05) is 18.2 Å². The van der Waals surface area contributed by atoms with Crippen LogP contribution in [0.3, 0.4) is 0 Å². The summed E-state index contributed by atoms with van der Waals surface area (Å²) in [6, 6.07) is 5.90. The van der Waals surface area contributed by atoms with E-state index in [0.29, 0.717) is 0 Å². The molecule has 12 heteroatoms. The molecular formula is C18H13F3N4O5. The Hall–Kier alpha value is -4.09. The molecule has 30 heavy (non-hydrogen) atoms. The van der Waals surface area contributed by atoms with E-state index in [1.807, 2.05) is 0 Å². The van der Waals surface area contributed by atoms with Crippen LogP contribution in [0.2, 0.25) is 0 Å². The third-order valence-corrected chi connectivity index (χ3v) is 4.09. The van der Waals surface area contributed by atoms with Crippen molar-refractivity contribution in [1.82, 2.24) is 9.38 Å². The maximum absolute atomic E-state index is 12.9. The third-order valence-electron chi connectivity index (χ3n) is 4.09. The van der Waals surface area contributed by atoms with E-state index >= 15 is 0 Å². The number of nitrogen functional groups attached to an aromatic ring is 1. The summed E-state index contributed by atoms with van der Waals surface area (Å²) in [4.78, 5) is 39.1. The summed E-state index contributed by atoms with van der Waals surface area (Å²) in [5, 5.41) is 10.7. The summed E-state index contributed by atoms with van der Waals surface area (Å²) in [5.41, 5.74) is 5.63. The maximum Gasteiger partial charge on any atom is 0.471 e. The average Bonchev–Trinajstić information content (AvgIpc) is 3.03. The van der Waals surface area contributed by atoms with Gasteiger partial charge in [-0.25, -0.2) is 9.78 Å². The second-order valence-corrected chi connectivity index (χ2v) is 5.99. The number of anilines is 2. The number of carbonyl (C=O) groups is 3. The first-order valence-electron chi connectivity index (χ1n) is 8.14. The molecule has 0 fully saturated rings. The zero-order chi connectivity index (χ0) is 22.2. The number of benzene rings is 1. The van der Waals surface area contributed by atoms with E-state index in [0.717, 1.165) is 19.2 Å². The summed E-state index contributed by atoms with van der Waals surface area (Å²) in [6.07, 6.45) is -3.79. The number of hydrogen-bond acceptors (Lipinski definition) is 6. The Bertz CT molecular complexity index is 1190. The Morgan fingerprint density at radius 1 is 1.17 bits per heavy atom. The molecule has 1 amide bonds. The number of alkyl halides is 3. The lowest BCUT2D eigenvalue weighted by molar-refractivity contribution is -0.167. The van der Waals surface area contributed by atoms with Crippen LogP contribution in [0.5, 0.6) is 5.75 Å². The predicted molar refractivity (Wildman–Crippen MR) is 97.7 cm³/mol. The molecule has 0 saturated heterocycles. The SMILES string of the molecule is COc1cc(C(=O)c2nc(N)c3cc(C(=O)O)ccn23)ccc1NC(=O)C(F)(F)F. The monoisotopic (exact) mass is 422 g/mol. The molecule has 2 aromatic heterocycles. The maximum atomic E-state index is 12.9. The molecule has 9 nitrogen and oxygen atoms in total. The second-order valence-electron chi connectivity index (χ2n) is 5.99. The van der Waals surface area contributed by atoms with E-state index in [1.165, 1.54) is 28.8 Å². The van der Waals surface area contributed by atoms with Gasteiger partial charge in [0.05, 0.1) is 23.9 Å². The lowest BCUT2D eigenvalue weighted by Gasteiger charge is -2.12. The van der Waals surface area contributed by atoms with Gasteiger partial charge in [-0.05, 0) is 30.3 Å². The van der Waals surface area contributed by atoms with Gasteiger partial charge in [0.25, 0.3) is 0 Å². The number of aromatic nitrogens is 2. The van der Waals surface area contributed by atoms with E-state index in [4.69, 9.17) is 15.6 Å². The molecule has 0 aliphatic rings. The highest BCUT2D eigenvalue weighted by Gasteiger charge is 2.39. The number of nitrogens with two attached hydrogens (primary N) is 1. The van der Waals surface area contributed by atoms with Gasteiger partial charge < -0.3 is 20.9 Å². The number of carbonyl (C=O) groups excluding carboxylic acids is 2. The molecule has 0 aliphatic heterocycles. The fraction of sp³-hybridized carbons (Fsp3) is 0.111. The predicted octanol–water partition coefficient (Wildman–Crippen LogP) is 2.36. The molecule has 0 spiro atoms. The molecule has 3 rings (SSSR count). The molecule has 156 valence electrons. The highest BCUT2D eigenvalue weighted by Crippen LogP contribution is 2.29. The standard InChI is InChI=1S/C18H13F3N4O5/c1-30-12-7-8(2-3-10(12)23-17(29)18(19,20)21)13(26)15-24-14(22)11-6-9(16(27)28)4-5-25(11)15/h2-7H,22H2,1H3,(H,23,29)(H,27,28). The van der Waals surface area contributed by atoms with Crippen molar-refractivity contribution in [1.29, 1.82) is 0 Å². The van der Waals surface area contributed by atoms with Crippen LogP contribution >= 0.6 is 0 Å². The van der Waals surface area contributed by atoms with Crippen LogP contribution < -0.4 is 15.8 Å². The number of fused-ring (bicyclic) bond motifs is 1. The molecule has 0 radical (unpaired) electrons. The number of carboxylic acids is 1. The lowest BCUT2D eigenvalue weighted by Crippen LogP contribution is -2.30. The van der Waals surface area contributed by atoms with Crippen LogP contribution in [0.25, 0.3) is 5.52 Å². The van der Waals surface area contributed by atoms with Crippen LogP contribution in [0.15, 0.2) is 36.5 Å². The first kappa shape index (κ1) is 20.6. The lowest BCUT2D eigenvalue weighted by atomic mass is 10.1. The first-order chi connectivity index (χ1) is 14.0. The number of halogens is 3. The summed E-state index contributed by atoms with van der Waals surface area (Å²) in [5.74, 6) is -4.44. The minimum atomic E-state index is -5.10. The number of nitrogens with zero attached hydrogens (tertiary/aromatic N) is 2. The Kier molecular flexibility index (Phi) is 5.08. The molecule has 3 aromatic rings. The van der Waals surface area contributed by atoms with E-state index in [9.17, 15) is 27.6 Å². The summed E-state index contributed by atoms with van der Waals surface area (Å²) < 4.78 is 43.6. The topological polar surface area (TPSA) is 136 Å². The number of pyridine rings is 1. The number of nitrogens with one attached hydrogen (secondary N) is 1. The van der Waals surface area contributed by atoms with Gasteiger partial charge in [-0.2, -0.15) is 13.2 Å². The van der Waals surface area contributed by atoms with Crippen molar-refractivity contribution in [2.24, 2.45) is 0 Å². The van der Waals surface area contributed by atoms with Gasteiger partial charge in [0.2, 0.25) is 5.78 Å². The Morgan fingerprint density at radius 2 is 1.87 bits per heavy atom. The second kappa shape index (κ2) is 7.39. The van der Waals surface area contributed by atoms with Gasteiger partial charge >= 0.3 is 18.1 Å². The van der Waals surface area contributed by atoms with E-state index in [1.54, 1.807) is 5.32 Å². The number of ether oxygens (including phenoxy) is 1. The fourth-order valence-electron chi connectivity index (χ4n) is 2.66. The molecule has 2 heterocycles. The summed E-state index contributed by atoms with van der Waals surface area (Å²) in [6.45, 7) is 0. The number of amides is 1. The summed E-state index contributed by atoms with van der Waals surface area (Å²) in [7, 11) is 1.16. The van der Waals surface area contributed by atoms with Gasteiger partial charge in [0.1, 0.15) is 11.6 Å². The van der Waals surface area contributed by atoms with Crippen LogP contribution in [0.1, 0.15) is 26.5 Å². The van der Waals surface area contributed by atoms with Crippen LogP contribution in [0, 0.1) is 0 Å². The Balaban J connectivity index is 1.99. The molecule has 1 aromatic carbocycles. The Morgan fingerprint density at radius 3 is 2.47 bits per heavy atom. The number of ketones is 1. The van der Waals surface area contributed by atoms with Gasteiger partial charge in [-0.3, -0.25) is 14.0 Å². The van der Waals surface area contributed by atoms with Crippen molar-refractivity contribution >= 4 is 34.7 Å². The highest BCUT2D eigenvalue weighted by molar-refractivity contribution is 6.09. The van der Waals surface area contributed by atoms with Crippen molar-refractivity contribution in [3.63, 3.8) is 0 Å². The molecular weight excluding hydrogens is 409 g/mol. The van der Waals surface area contributed by atoms with Crippen LogP contribution in [-0.2, 0) is 4.79 Å². The molecule has 0 aliphatic carbocycles.